The summed E-state index contributed by atoms with van der Waals surface area (Å²) >= 11 is 3.41. The van der Waals surface area contributed by atoms with Gasteiger partial charge in [-0.2, -0.15) is 15.3 Å². The summed E-state index contributed by atoms with van der Waals surface area (Å²) in [6.45, 7) is 5.87. The van der Waals surface area contributed by atoms with Crippen LogP contribution in [-0.2, 0) is 41.8 Å². The van der Waals surface area contributed by atoms with Crippen molar-refractivity contribution in [3.05, 3.63) is 162 Å². The zero-order chi connectivity index (χ0) is 40.2. The van der Waals surface area contributed by atoms with Crippen molar-refractivity contribution >= 4 is 33.8 Å². The summed E-state index contributed by atoms with van der Waals surface area (Å²) in [5.74, 6) is -1.58. The second-order valence-electron chi connectivity index (χ2n) is 12.2. The van der Waals surface area contributed by atoms with Gasteiger partial charge >= 0.3 is 17.9 Å². The number of hydrogen-bond donors (Lipinski definition) is 2. The predicted molar refractivity (Wildman–Crippen MR) is 220 cm³/mol. The Morgan fingerprint density at radius 2 is 1.05 bits per heavy atom. The number of halogens is 1. The molecule has 13 heteroatoms. The second-order valence-corrected chi connectivity index (χ2v) is 13.0. The number of carbonyl (C=O) groups is 3. The van der Waals surface area contributed by atoms with Crippen LogP contribution >= 0.6 is 15.9 Å². The Bertz CT molecular complexity index is 1930. The van der Waals surface area contributed by atoms with Gasteiger partial charge in [-0.25, -0.2) is 14.4 Å². The molecule has 0 atom stereocenters. The number of nitrogens with zero attached hydrogens (tertiary/aromatic N) is 5. The van der Waals surface area contributed by atoms with Gasteiger partial charge in [0, 0.05) is 37.0 Å². The van der Waals surface area contributed by atoms with Crippen molar-refractivity contribution in [1.82, 2.24) is 29.8 Å². The minimum atomic E-state index is -0.931. The molecule has 296 valence electrons. The summed E-state index contributed by atoms with van der Waals surface area (Å²) in [5.41, 5.74) is 5.26. The van der Waals surface area contributed by atoms with Crippen LogP contribution in [0, 0.1) is 0 Å². The number of rotatable bonds is 16. The molecule has 0 fully saturated rings. The van der Waals surface area contributed by atoms with Crippen LogP contribution in [0.2, 0.25) is 0 Å². The number of carbonyl (C=O) groups excluding carboxylic acids is 2. The molecule has 0 aliphatic heterocycles. The molecule has 0 spiro atoms. The van der Waals surface area contributed by atoms with Crippen molar-refractivity contribution in [3.8, 4) is 0 Å². The Hall–Kier alpha value is -5.82. The van der Waals surface area contributed by atoms with Gasteiger partial charge in [-0.05, 0) is 69.1 Å². The van der Waals surface area contributed by atoms with E-state index in [9.17, 15) is 14.4 Å². The van der Waals surface area contributed by atoms with Crippen molar-refractivity contribution in [2.24, 2.45) is 0 Å². The molecule has 12 nitrogen and oxygen atoms in total. The van der Waals surface area contributed by atoms with E-state index in [1.165, 1.54) is 48.1 Å². The third-order valence-corrected chi connectivity index (χ3v) is 8.43. The fourth-order valence-corrected chi connectivity index (χ4v) is 5.35. The quantitative estimate of drug-likeness (QED) is 0.0722. The maximum atomic E-state index is 11.5. The normalized spacial score (nSPS) is 10.1. The number of benzene rings is 3. The van der Waals surface area contributed by atoms with Gasteiger partial charge < -0.3 is 14.6 Å². The largest absolute Gasteiger partial charge is 0.478 e. The number of H-pyrrole nitrogens is 1. The topological polar surface area (TPSA) is 154 Å². The molecule has 0 radical (unpaired) electrons. The second kappa shape index (κ2) is 26.9. The number of aryl methyl sites for hydroxylation is 5. The van der Waals surface area contributed by atoms with Crippen molar-refractivity contribution in [3.63, 3.8) is 0 Å². The molecule has 56 heavy (non-hydrogen) atoms. The minimum absolute atomic E-state index is 0.240. The van der Waals surface area contributed by atoms with E-state index in [1.807, 2.05) is 36.4 Å². The number of esters is 2. The van der Waals surface area contributed by atoms with E-state index < -0.39 is 5.97 Å². The molecule has 6 rings (SSSR count). The van der Waals surface area contributed by atoms with Crippen LogP contribution in [0.15, 0.2) is 128 Å². The smallest absolute Gasteiger partial charge is 0.341 e. The molecule has 3 heterocycles. The highest BCUT2D eigenvalue weighted by Gasteiger charge is 2.09. The van der Waals surface area contributed by atoms with Crippen LogP contribution in [0.4, 0.5) is 0 Å². The van der Waals surface area contributed by atoms with Gasteiger partial charge in [0.15, 0.2) is 0 Å². The van der Waals surface area contributed by atoms with Crippen LogP contribution in [-0.4, -0.2) is 71.3 Å². The van der Waals surface area contributed by atoms with Crippen LogP contribution in [0.5, 0.6) is 0 Å². The summed E-state index contributed by atoms with van der Waals surface area (Å²) in [4.78, 5) is 33.0. The number of hydrogen-bond acceptors (Lipinski definition) is 8. The molecule has 3 aromatic carbocycles. The maximum Gasteiger partial charge on any atom is 0.341 e. The van der Waals surface area contributed by atoms with E-state index in [4.69, 9.17) is 9.84 Å². The Morgan fingerprint density at radius 3 is 1.45 bits per heavy atom. The van der Waals surface area contributed by atoms with Gasteiger partial charge in [-0.1, -0.05) is 107 Å². The maximum absolute atomic E-state index is 11.5. The Labute approximate surface area is 337 Å². The number of carboxylic acids is 1. The molecular formula is C43H51BrN6O6. The van der Waals surface area contributed by atoms with Gasteiger partial charge in [0.25, 0.3) is 0 Å². The van der Waals surface area contributed by atoms with E-state index in [-0.39, 0.29) is 17.5 Å². The summed E-state index contributed by atoms with van der Waals surface area (Å²) in [5, 5.41) is 24.1. The standard InChI is InChI=1S/C15H18N2O2.C13H14N2O2.C9H11Br.C6H8N2O2/c1-2-19-15(18)14-11-16-17(12-14)10-6-9-13-7-4-3-5-8-13;16-13(17)12-9-14-15(10-12)8-4-7-11-5-2-1-3-6-11;10-8-4-7-9-5-2-1-3-6-9;1-2-10-6(9)5-3-7-8-4-5/h3-5,7-8,11-12H,2,6,9-10H2,1H3;1-3,5-6,9-10H,4,7-8H2,(H,16,17);1-3,5-6H,4,7-8H2;3-4H,2H2,1H3,(H,7,8). The van der Waals surface area contributed by atoms with Crippen LogP contribution in [0.3, 0.4) is 0 Å². The fraction of sp³-hybridized carbons (Fsp3) is 0.302. The minimum Gasteiger partial charge on any atom is -0.478 e. The first-order chi connectivity index (χ1) is 27.3. The summed E-state index contributed by atoms with van der Waals surface area (Å²) < 4.78 is 13.1. The summed E-state index contributed by atoms with van der Waals surface area (Å²) in [6.07, 6.45) is 15.5. The van der Waals surface area contributed by atoms with Crippen molar-refractivity contribution in [2.45, 2.75) is 65.5 Å². The molecule has 2 N–H and O–H groups in total. The van der Waals surface area contributed by atoms with E-state index in [0.717, 1.165) is 44.1 Å². The zero-order valence-corrected chi connectivity index (χ0v) is 33.6. The lowest BCUT2D eigenvalue weighted by molar-refractivity contribution is 0.0516. The lowest BCUT2D eigenvalue weighted by Crippen LogP contribution is -2.04. The molecule has 0 bridgehead atoms. The zero-order valence-electron chi connectivity index (χ0n) is 32.0. The highest BCUT2D eigenvalue weighted by Crippen LogP contribution is 2.07. The molecule has 0 unspecified atom stereocenters. The number of aromatic carboxylic acids is 1. The first-order valence-electron chi connectivity index (χ1n) is 18.6. The highest BCUT2D eigenvalue weighted by atomic mass is 79.9. The van der Waals surface area contributed by atoms with Crippen LogP contribution in [0.1, 0.15) is 80.9 Å². The molecule has 0 amide bonds. The Morgan fingerprint density at radius 1 is 0.625 bits per heavy atom. The van der Waals surface area contributed by atoms with Gasteiger partial charge in [0.1, 0.15) is 0 Å². The molecule has 6 aromatic rings. The lowest BCUT2D eigenvalue weighted by atomic mass is 10.1. The lowest BCUT2D eigenvalue weighted by Gasteiger charge is -2.02. The SMILES string of the molecule is BrCCCc1ccccc1.CCOC(=O)c1cn[nH]c1.CCOC(=O)c1cnn(CCCc2ccccc2)c1.O=C(O)c1cnn(CCCc2ccccc2)c1. The summed E-state index contributed by atoms with van der Waals surface area (Å²) in [6, 6.07) is 31.1. The fourth-order valence-electron chi connectivity index (χ4n) is 5.07. The number of carboxylic acid groups (broad SMARTS) is 1. The monoisotopic (exact) mass is 826 g/mol. The predicted octanol–water partition coefficient (Wildman–Crippen LogP) is 8.51. The van der Waals surface area contributed by atoms with Crippen molar-refractivity contribution in [1.29, 1.82) is 0 Å². The molecular weight excluding hydrogens is 776 g/mol. The van der Waals surface area contributed by atoms with Gasteiger partial charge in [0.2, 0.25) is 0 Å². The van der Waals surface area contributed by atoms with E-state index in [2.05, 4.69) is 95.7 Å². The molecule has 0 aliphatic carbocycles. The van der Waals surface area contributed by atoms with Gasteiger partial charge in [-0.3, -0.25) is 14.5 Å². The van der Waals surface area contributed by atoms with Gasteiger partial charge in [0.05, 0.1) is 48.5 Å². The average molecular weight is 828 g/mol. The number of ether oxygens (including phenoxy) is 2. The van der Waals surface area contributed by atoms with E-state index >= 15 is 0 Å². The van der Waals surface area contributed by atoms with Crippen LogP contribution in [0.25, 0.3) is 0 Å². The Balaban J connectivity index is 0.000000208. The molecule has 0 aliphatic rings. The number of aromatic amines is 1. The van der Waals surface area contributed by atoms with Crippen molar-refractivity contribution < 1.29 is 29.0 Å². The number of nitrogens with one attached hydrogen (secondary N) is 1. The third kappa shape index (κ3) is 18.0. The van der Waals surface area contributed by atoms with Crippen molar-refractivity contribution in [2.75, 3.05) is 18.5 Å². The summed E-state index contributed by atoms with van der Waals surface area (Å²) in [7, 11) is 0. The first kappa shape index (κ1) is 44.6. The number of aromatic nitrogens is 6. The third-order valence-electron chi connectivity index (χ3n) is 7.87. The van der Waals surface area contributed by atoms with Crippen LogP contribution < -0.4 is 0 Å². The highest BCUT2D eigenvalue weighted by molar-refractivity contribution is 9.09. The van der Waals surface area contributed by atoms with Gasteiger partial charge in [-0.15, -0.1) is 0 Å². The first-order valence-corrected chi connectivity index (χ1v) is 19.7. The number of alkyl halides is 1. The average Bonchev–Trinajstić information content (AvgIpc) is 4.03. The molecule has 3 aromatic heterocycles. The molecule has 0 saturated heterocycles. The Kier molecular flexibility index (Phi) is 21.4. The van der Waals surface area contributed by atoms with E-state index in [0.29, 0.717) is 24.3 Å². The molecule has 0 saturated carbocycles. The van der Waals surface area contributed by atoms with E-state index in [1.54, 1.807) is 41.8 Å².